The van der Waals surface area contributed by atoms with E-state index in [0.717, 1.165) is 5.56 Å². The standard InChI is InChI=1S/C13H16N2O4/c1-8-4-6-10(7-5-8)12(17)19-9(2)11(16)15-13(18)14-3/h4-7,9H,1-3H3,(H2,14,15,16,18)/t9-/m1/s1. The Balaban J connectivity index is 2.59. The van der Waals surface area contributed by atoms with Crippen molar-refractivity contribution >= 4 is 17.9 Å². The number of carbonyl (C=O) groups is 3. The maximum absolute atomic E-state index is 11.7. The van der Waals surface area contributed by atoms with E-state index < -0.39 is 24.0 Å². The maximum atomic E-state index is 11.7. The first-order valence-electron chi connectivity index (χ1n) is 5.74. The van der Waals surface area contributed by atoms with E-state index in [1.165, 1.54) is 14.0 Å². The Bertz CT molecular complexity index is 482. The molecule has 0 aliphatic carbocycles. The molecule has 1 aromatic carbocycles. The SMILES string of the molecule is CNC(=O)NC(=O)[C@@H](C)OC(=O)c1ccc(C)cc1. The van der Waals surface area contributed by atoms with Crippen LogP contribution in [0.3, 0.4) is 0 Å². The van der Waals surface area contributed by atoms with Crippen LogP contribution in [0.5, 0.6) is 0 Å². The van der Waals surface area contributed by atoms with Crippen LogP contribution in [0.1, 0.15) is 22.8 Å². The minimum absolute atomic E-state index is 0.352. The van der Waals surface area contributed by atoms with Gasteiger partial charge in [-0.3, -0.25) is 10.1 Å². The highest BCUT2D eigenvalue weighted by Gasteiger charge is 2.20. The smallest absolute Gasteiger partial charge is 0.338 e. The highest BCUT2D eigenvalue weighted by molar-refractivity contribution is 5.98. The lowest BCUT2D eigenvalue weighted by Gasteiger charge is -2.12. The third kappa shape index (κ3) is 4.42. The number of ether oxygens (including phenoxy) is 1. The second-order valence-corrected chi connectivity index (χ2v) is 3.98. The lowest BCUT2D eigenvalue weighted by molar-refractivity contribution is -0.127. The largest absolute Gasteiger partial charge is 0.449 e. The number of hydrogen-bond donors (Lipinski definition) is 2. The fraction of sp³-hybridized carbons (Fsp3) is 0.308. The molecule has 6 heteroatoms. The second-order valence-electron chi connectivity index (χ2n) is 3.98. The lowest BCUT2D eigenvalue weighted by Crippen LogP contribution is -2.43. The molecule has 0 aliphatic rings. The number of aryl methyl sites for hydroxylation is 1. The van der Waals surface area contributed by atoms with Gasteiger partial charge in [-0.25, -0.2) is 9.59 Å². The molecule has 0 aliphatic heterocycles. The zero-order chi connectivity index (χ0) is 14.4. The van der Waals surface area contributed by atoms with E-state index >= 15 is 0 Å². The van der Waals surface area contributed by atoms with Gasteiger partial charge >= 0.3 is 12.0 Å². The Morgan fingerprint density at radius 2 is 1.74 bits per heavy atom. The quantitative estimate of drug-likeness (QED) is 0.797. The van der Waals surface area contributed by atoms with Crippen LogP contribution in [0, 0.1) is 6.92 Å². The molecule has 0 saturated heterocycles. The normalized spacial score (nSPS) is 11.3. The first-order chi connectivity index (χ1) is 8.93. The van der Waals surface area contributed by atoms with Crippen molar-refractivity contribution in [2.75, 3.05) is 7.05 Å². The molecule has 0 spiro atoms. The molecule has 0 heterocycles. The Morgan fingerprint density at radius 1 is 1.16 bits per heavy atom. The number of amides is 3. The molecule has 0 fully saturated rings. The number of benzene rings is 1. The minimum atomic E-state index is -1.05. The number of hydrogen-bond acceptors (Lipinski definition) is 4. The van der Waals surface area contributed by atoms with Gasteiger partial charge in [0.1, 0.15) is 0 Å². The van der Waals surface area contributed by atoms with Gasteiger partial charge in [-0.1, -0.05) is 17.7 Å². The molecule has 6 nitrogen and oxygen atoms in total. The molecule has 0 saturated carbocycles. The van der Waals surface area contributed by atoms with E-state index in [4.69, 9.17) is 4.74 Å². The summed E-state index contributed by atoms with van der Waals surface area (Å²) in [6.45, 7) is 3.29. The second kappa shape index (κ2) is 6.53. The number of imide groups is 1. The number of nitrogens with one attached hydrogen (secondary N) is 2. The zero-order valence-electron chi connectivity index (χ0n) is 11.0. The summed E-state index contributed by atoms with van der Waals surface area (Å²) in [4.78, 5) is 34.1. The molecule has 1 rings (SSSR count). The van der Waals surface area contributed by atoms with Gasteiger partial charge < -0.3 is 10.1 Å². The summed E-state index contributed by atoms with van der Waals surface area (Å²) in [5, 5.41) is 4.26. The van der Waals surface area contributed by atoms with Gasteiger partial charge in [-0.2, -0.15) is 0 Å². The van der Waals surface area contributed by atoms with Crippen LogP contribution < -0.4 is 10.6 Å². The topological polar surface area (TPSA) is 84.5 Å². The van der Waals surface area contributed by atoms with Gasteiger partial charge in [0.05, 0.1) is 5.56 Å². The molecule has 1 aromatic rings. The molecular formula is C13H16N2O4. The summed E-state index contributed by atoms with van der Waals surface area (Å²) >= 11 is 0. The predicted octanol–water partition coefficient (Wildman–Crippen LogP) is 0.996. The van der Waals surface area contributed by atoms with E-state index in [0.29, 0.717) is 5.56 Å². The van der Waals surface area contributed by atoms with Crippen LogP contribution in [-0.4, -0.2) is 31.1 Å². The molecule has 0 radical (unpaired) electrons. The zero-order valence-corrected chi connectivity index (χ0v) is 11.0. The fourth-order valence-corrected chi connectivity index (χ4v) is 1.25. The number of esters is 1. The Labute approximate surface area is 111 Å². The summed E-state index contributed by atoms with van der Waals surface area (Å²) in [7, 11) is 1.38. The first kappa shape index (κ1) is 14.7. The van der Waals surface area contributed by atoms with E-state index in [9.17, 15) is 14.4 Å². The van der Waals surface area contributed by atoms with E-state index in [1.54, 1.807) is 24.3 Å². The van der Waals surface area contributed by atoms with Crippen molar-refractivity contribution in [2.24, 2.45) is 0 Å². The molecule has 3 amide bonds. The summed E-state index contributed by atoms with van der Waals surface area (Å²) in [6.07, 6.45) is -1.05. The van der Waals surface area contributed by atoms with Gasteiger partial charge in [0.15, 0.2) is 6.10 Å². The molecule has 2 N–H and O–H groups in total. The van der Waals surface area contributed by atoms with Crippen LogP contribution in [0.25, 0.3) is 0 Å². The fourth-order valence-electron chi connectivity index (χ4n) is 1.25. The van der Waals surface area contributed by atoms with Crippen molar-refractivity contribution < 1.29 is 19.1 Å². The number of rotatable bonds is 3. The number of carbonyl (C=O) groups excluding carboxylic acids is 3. The average molecular weight is 264 g/mol. The summed E-state index contributed by atoms with van der Waals surface area (Å²) < 4.78 is 4.95. The average Bonchev–Trinajstić information content (AvgIpc) is 2.38. The lowest BCUT2D eigenvalue weighted by atomic mass is 10.1. The Morgan fingerprint density at radius 3 is 2.26 bits per heavy atom. The van der Waals surface area contributed by atoms with Crippen molar-refractivity contribution in [2.45, 2.75) is 20.0 Å². The van der Waals surface area contributed by atoms with Gasteiger partial charge in [0.25, 0.3) is 5.91 Å². The molecular weight excluding hydrogens is 248 g/mol. The van der Waals surface area contributed by atoms with Crippen LogP contribution in [-0.2, 0) is 9.53 Å². The number of urea groups is 1. The van der Waals surface area contributed by atoms with Crippen molar-refractivity contribution in [1.82, 2.24) is 10.6 Å². The van der Waals surface area contributed by atoms with Gasteiger partial charge in [-0.15, -0.1) is 0 Å². The highest BCUT2D eigenvalue weighted by Crippen LogP contribution is 2.06. The van der Waals surface area contributed by atoms with Crippen LogP contribution >= 0.6 is 0 Å². The molecule has 19 heavy (non-hydrogen) atoms. The van der Waals surface area contributed by atoms with E-state index in [2.05, 4.69) is 5.32 Å². The monoisotopic (exact) mass is 264 g/mol. The van der Waals surface area contributed by atoms with Crippen molar-refractivity contribution in [3.8, 4) is 0 Å². The summed E-state index contributed by atoms with van der Waals surface area (Å²) in [6, 6.07) is 6.11. The van der Waals surface area contributed by atoms with Gasteiger partial charge in [0.2, 0.25) is 0 Å². The first-order valence-corrected chi connectivity index (χ1v) is 5.74. The molecule has 0 unspecified atom stereocenters. The van der Waals surface area contributed by atoms with Gasteiger partial charge in [0, 0.05) is 7.05 Å². The molecule has 1 atom stereocenters. The Kier molecular flexibility index (Phi) is 5.05. The van der Waals surface area contributed by atoms with E-state index in [-0.39, 0.29) is 0 Å². The molecule has 0 bridgehead atoms. The third-order valence-electron chi connectivity index (χ3n) is 2.40. The summed E-state index contributed by atoms with van der Waals surface area (Å²) in [5.41, 5.74) is 1.37. The van der Waals surface area contributed by atoms with E-state index in [1.807, 2.05) is 12.2 Å². The maximum Gasteiger partial charge on any atom is 0.338 e. The summed E-state index contributed by atoms with van der Waals surface area (Å²) in [5.74, 6) is -1.29. The van der Waals surface area contributed by atoms with Crippen LogP contribution in [0.15, 0.2) is 24.3 Å². The van der Waals surface area contributed by atoms with Crippen LogP contribution in [0.2, 0.25) is 0 Å². The minimum Gasteiger partial charge on any atom is -0.449 e. The predicted molar refractivity (Wildman–Crippen MR) is 68.7 cm³/mol. The third-order valence-corrected chi connectivity index (χ3v) is 2.40. The van der Waals surface area contributed by atoms with Gasteiger partial charge in [-0.05, 0) is 26.0 Å². The Hall–Kier alpha value is -2.37. The van der Waals surface area contributed by atoms with Crippen molar-refractivity contribution in [3.63, 3.8) is 0 Å². The van der Waals surface area contributed by atoms with Crippen molar-refractivity contribution in [3.05, 3.63) is 35.4 Å². The van der Waals surface area contributed by atoms with Crippen LogP contribution in [0.4, 0.5) is 4.79 Å². The highest BCUT2D eigenvalue weighted by atomic mass is 16.5. The van der Waals surface area contributed by atoms with Crippen molar-refractivity contribution in [1.29, 1.82) is 0 Å². The molecule has 102 valence electrons. The molecule has 0 aromatic heterocycles.